The van der Waals surface area contributed by atoms with Crippen LogP contribution in [0.1, 0.15) is 24.7 Å². The number of nitrogens with one attached hydrogen (secondary N) is 2. The van der Waals surface area contributed by atoms with Gasteiger partial charge in [0, 0.05) is 12.6 Å². The van der Waals surface area contributed by atoms with E-state index in [-0.39, 0.29) is 16.1 Å². The topological polar surface area (TPSA) is 71.3 Å². The summed E-state index contributed by atoms with van der Waals surface area (Å²) in [6, 6.07) is 3.43. The summed E-state index contributed by atoms with van der Waals surface area (Å²) in [4.78, 5) is 0.131. The molecule has 21 heavy (non-hydrogen) atoms. The van der Waals surface area contributed by atoms with Crippen LogP contribution in [-0.2, 0) is 23.1 Å². The third-order valence-corrected chi connectivity index (χ3v) is 5.76. The molecule has 0 atom stereocenters. The van der Waals surface area contributed by atoms with Crippen LogP contribution in [0.2, 0.25) is 0 Å². The Morgan fingerprint density at radius 3 is 2.86 bits per heavy atom. The molecule has 0 fully saturated rings. The van der Waals surface area contributed by atoms with Gasteiger partial charge in [-0.25, -0.2) is 13.1 Å². The summed E-state index contributed by atoms with van der Waals surface area (Å²) in [6.07, 6.45) is 1.01. The Kier molecular flexibility index (Phi) is 6.00. The SMILES string of the molecule is CCCNCc1cc(S(=O)(=O)NCc2ccsc2)c(Br)o1. The number of hydrogen-bond donors (Lipinski definition) is 2. The Bertz CT molecular complexity index is 666. The molecular formula is C13H17BrN2O3S2. The average molecular weight is 393 g/mol. The summed E-state index contributed by atoms with van der Waals surface area (Å²) < 4.78 is 32.8. The van der Waals surface area contributed by atoms with Gasteiger partial charge in [-0.1, -0.05) is 6.92 Å². The van der Waals surface area contributed by atoms with E-state index >= 15 is 0 Å². The highest BCUT2D eigenvalue weighted by Crippen LogP contribution is 2.26. The first-order chi connectivity index (χ1) is 10.0. The molecule has 0 aromatic carbocycles. The molecule has 0 aliphatic rings. The van der Waals surface area contributed by atoms with Crippen molar-refractivity contribution in [1.29, 1.82) is 0 Å². The summed E-state index contributed by atoms with van der Waals surface area (Å²) in [5, 5.41) is 6.99. The van der Waals surface area contributed by atoms with Gasteiger partial charge in [0.25, 0.3) is 0 Å². The number of thiophene rings is 1. The lowest BCUT2D eigenvalue weighted by molar-refractivity contribution is 0.461. The minimum absolute atomic E-state index is 0.131. The molecule has 2 aromatic heterocycles. The second-order valence-electron chi connectivity index (χ2n) is 4.48. The predicted octanol–water partition coefficient (Wildman–Crippen LogP) is 3.08. The smallest absolute Gasteiger partial charge is 0.245 e. The highest BCUT2D eigenvalue weighted by atomic mass is 79.9. The van der Waals surface area contributed by atoms with Gasteiger partial charge in [-0.3, -0.25) is 0 Å². The monoisotopic (exact) mass is 392 g/mol. The molecule has 2 aromatic rings. The molecule has 0 saturated heterocycles. The minimum atomic E-state index is -3.59. The van der Waals surface area contributed by atoms with Crippen LogP contribution in [-0.4, -0.2) is 15.0 Å². The van der Waals surface area contributed by atoms with Crippen LogP contribution in [0.25, 0.3) is 0 Å². The fourth-order valence-corrected chi connectivity index (χ4v) is 4.39. The zero-order chi connectivity index (χ0) is 15.3. The van der Waals surface area contributed by atoms with E-state index in [0.717, 1.165) is 18.5 Å². The normalized spacial score (nSPS) is 11.9. The highest BCUT2D eigenvalue weighted by molar-refractivity contribution is 9.10. The van der Waals surface area contributed by atoms with Gasteiger partial charge in [0.1, 0.15) is 10.7 Å². The predicted molar refractivity (Wildman–Crippen MR) is 86.8 cm³/mol. The molecule has 116 valence electrons. The fraction of sp³-hybridized carbons (Fsp3) is 0.385. The van der Waals surface area contributed by atoms with E-state index < -0.39 is 10.0 Å². The molecule has 0 saturated carbocycles. The van der Waals surface area contributed by atoms with Crippen molar-refractivity contribution >= 4 is 37.3 Å². The van der Waals surface area contributed by atoms with Gasteiger partial charge >= 0.3 is 0 Å². The number of hydrogen-bond acceptors (Lipinski definition) is 5. The molecule has 0 unspecified atom stereocenters. The van der Waals surface area contributed by atoms with E-state index in [0.29, 0.717) is 12.3 Å². The van der Waals surface area contributed by atoms with E-state index in [1.165, 1.54) is 11.3 Å². The first-order valence-electron chi connectivity index (χ1n) is 6.52. The summed E-state index contributed by atoms with van der Waals surface area (Å²) >= 11 is 4.70. The third-order valence-electron chi connectivity index (χ3n) is 2.77. The maximum absolute atomic E-state index is 12.3. The Hall–Kier alpha value is -0.670. The van der Waals surface area contributed by atoms with Gasteiger partial charge in [0.2, 0.25) is 10.0 Å². The second kappa shape index (κ2) is 7.55. The van der Waals surface area contributed by atoms with Gasteiger partial charge < -0.3 is 9.73 Å². The van der Waals surface area contributed by atoms with Gasteiger partial charge in [-0.2, -0.15) is 11.3 Å². The van der Waals surface area contributed by atoms with E-state index in [4.69, 9.17) is 4.42 Å². The van der Waals surface area contributed by atoms with Crippen LogP contribution >= 0.6 is 27.3 Å². The summed E-state index contributed by atoms with van der Waals surface area (Å²) in [6.45, 7) is 3.70. The lowest BCUT2D eigenvalue weighted by Gasteiger charge is -2.03. The molecule has 0 amide bonds. The van der Waals surface area contributed by atoms with Crippen LogP contribution < -0.4 is 10.0 Å². The largest absolute Gasteiger partial charge is 0.452 e. The van der Waals surface area contributed by atoms with Crippen molar-refractivity contribution in [2.75, 3.05) is 6.54 Å². The average Bonchev–Trinajstić information content (AvgIpc) is 3.07. The molecule has 0 bridgehead atoms. The summed E-state index contributed by atoms with van der Waals surface area (Å²) in [7, 11) is -3.59. The van der Waals surface area contributed by atoms with Crippen LogP contribution in [0, 0.1) is 0 Å². The Labute approximate surface area is 136 Å². The van der Waals surface area contributed by atoms with Gasteiger partial charge in [-0.15, -0.1) is 0 Å². The van der Waals surface area contributed by atoms with Gasteiger partial charge in [0.05, 0.1) is 6.54 Å². The van der Waals surface area contributed by atoms with Crippen molar-refractivity contribution in [2.24, 2.45) is 0 Å². The van der Waals surface area contributed by atoms with Crippen molar-refractivity contribution in [3.63, 3.8) is 0 Å². The van der Waals surface area contributed by atoms with Crippen molar-refractivity contribution in [3.8, 4) is 0 Å². The first kappa shape index (κ1) is 16.7. The number of furan rings is 1. The first-order valence-corrected chi connectivity index (χ1v) is 9.74. The maximum Gasteiger partial charge on any atom is 0.245 e. The second-order valence-corrected chi connectivity index (χ2v) is 7.72. The van der Waals surface area contributed by atoms with Crippen molar-refractivity contribution in [2.45, 2.75) is 31.3 Å². The van der Waals surface area contributed by atoms with E-state index in [1.807, 2.05) is 16.8 Å². The quantitative estimate of drug-likeness (QED) is 0.677. The van der Waals surface area contributed by atoms with Crippen LogP contribution in [0.15, 0.2) is 36.9 Å². The number of sulfonamides is 1. The van der Waals surface area contributed by atoms with E-state index in [2.05, 4.69) is 32.9 Å². The Morgan fingerprint density at radius 1 is 1.38 bits per heavy atom. The molecule has 2 N–H and O–H groups in total. The summed E-state index contributed by atoms with van der Waals surface area (Å²) in [5.41, 5.74) is 0.938. The molecule has 0 spiro atoms. The van der Waals surface area contributed by atoms with Crippen LogP contribution in [0.5, 0.6) is 0 Å². The Balaban J connectivity index is 2.05. The van der Waals surface area contributed by atoms with Crippen LogP contribution in [0.4, 0.5) is 0 Å². The maximum atomic E-state index is 12.3. The van der Waals surface area contributed by atoms with E-state index in [1.54, 1.807) is 6.07 Å². The van der Waals surface area contributed by atoms with Crippen molar-refractivity contribution in [3.05, 3.63) is 38.9 Å². The highest BCUT2D eigenvalue weighted by Gasteiger charge is 2.22. The van der Waals surface area contributed by atoms with Crippen molar-refractivity contribution in [1.82, 2.24) is 10.0 Å². The zero-order valence-electron chi connectivity index (χ0n) is 11.6. The molecule has 0 radical (unpaired) electrons. The standard InChI is InChI=1S/C13H17BrN2O3S2/c1-2-4-15-8-11-6-12(13(14)19-11)21(17,18)16-7-10-3-5-20-9-10/h3,5-6,9,15-16H,2,4,7-8H2,1H3. The van der Waals surface area contributed by atoms with E-state index in [9.17, 15) is 8.42 Å². The van der Waals surface area contributed by atoms with Crippen molar-refractivity contribution < 1.29 is 12.8 Å². The lowest BCUT2D eigenvalue weighted by atomic mass is 10.4. The van der Waals surface area contributed by atoms with Gasteiger partial charge in [0.15, 0.2) is 4.67 Å². The molecule has 2 heterocycles. The third kappa shape index (κ3) is 4.65. The number of halogens is 1. The zero-order valence-corrected chi connectivity index (χ0v) is 14.8. The number of rotatable bonds is 8. The Morgan fingerprint density at radius 2 is 2.19 bits per heavy atom. The minimum Gasteiger partial charge on any atom is -0.452 e. The molecule has 8 heteroatoms. The molecule has 2 rings (SSSR count). The lowest BCUT2D eigenvalue weighted by Crippen LogP contribution is -2.22. The summed E-state index contributed by atoms with van der Waals surface area (Å²) in [5.74, 6) is 0.589. The van der Waals surface area contributed by atoms with Crippen LogP contribution in [0.3, 0.4) is 0 Å². The molecule has 0 aliphatic carbocycles. The molecular weight excluding hydrogens is 376 g/mol. The van der Waals surface area contributed by atoms with Gasteiger partial charge in [-0.05, 0) is 51.3 Å². The fourth-order valence-electron chi connectivity index (χ4n) is 1.71. The molecule has 0 aliphatic heterocycles. The molecule has 5 nitrogen and oxygen atoms in total.